The van der Waals surface area contributed by atoms with Crippen LogP contribution >= 0.6 is 0 Å². The summed E-state index contributed by atoms with van der Waals surface area (Å²) in [7, 11) is 4.71. The zero-order chi connectivity index (χ0) is 15.8. The lowest BCUT2D eigenvalue weighted by molar-refractivity contribution is -0.00246. The standard InChI is InChI=1S/C20H38N2/c1-17(2)15-22-14-13-19(16-22)9-11-20(12-10-19,21(3)4)18-7-5-6-8-18/h17-18H,5-16H2,1-4H3. The lowest BCUT2D eigenvalue weighted by Gasteiger charge is -2.52. The first-order chi connectivity index (χ1) is 10.5. The van der Waals surface area contributed by atoms with Gasteiger partial charge in [-0.3, -0.25) is 0 Å². The Kier molecular flexibility index (Phi) is 4.90. The van der Waals surface area contributed by atoms with E-state index in [9.17, 15) is 0 Å². The molecule has 0 bridgehead atoms. The molecule has 3 fully saturated rings. The molecule has 2 aliphatic carbocycles. The largest absolute Gasteiger partial charge is 0.303 e. The first-order valence-corrected chi connectivity index (χ1v) is 9.86. The van der Waals surface area contributed by atoms with Crippen LogP contribution < -0.4 is 0 Å². The summed E-state index contributed by atoms with van der Waals surface area (Å²) in [6, 6.07) is 0. The molecule has 22 heavy (non-hydrogen) atoms. The molecule has 1 heterocycles. The van der Waals surface area contributed by atoms with Crippen LogP contribution in [0.3, 0.4) is 0 Å². The summed E-state index contributed by atoms with van der Waals surface area (Å²) in [6.07, 6.45) is 13.3. The molecule has 0 unspecified atom stereocenters. The summed E-state index contributed by atoms with van der Waals surface area (Å²) < 4.78 is 0. The number of nitrogens with zero attached hydrogens (tertiary/aromatic N) is 2. The SMILES string of the molecule is CC(C)CN1CCC2(CCC(C3CCCC3)(N(C)C)CC2)C1. The van der Waals surface area contributed by atoms with E-state index in [2.05, 4.69) is 37.7 Å². The van der Waals surface area contributed by atoms with Gasteiger partial charge < -0.3 is 9.80 Å². The highest BCUT2D eigenvalue weighted by atomic mass is 15.2. The van der Waals surface area contributed by atoms with E-state index in [1.165, 1.54) is 77.4 Å². The van der Waals surface area contributed by atoms with E-state index in [-0.39, 0.29) is 0 Å². The molecule has 0 radical (unpaired) electrons. The van der Waals surface area contributed by atoms with Crippen molar-refractivity contribution >= 4 is 0 Å². The van der Waals surface area contributed by atoms with E-state index in [0.29, 0.717) is 11.0 Å². The van der Waals surface area contributed by atoms with Crippen LogP contribution in [0.1, 0.15) is 71.6 Å². The summed E-state index contributed by atoms with van der Waals surface area (Å²) in [6.45, 7) is 8.78. The van der Waals surface area contributed by atoms with Crippen LogP contribution in [0.5, 0.6) is 0 Å². The molecule has 128 valence electrons. The van der Waals surface area contributed by atoms with Crippen molar-refractivity contribution in [1.82, 2.24) is 9.80 Å². The van der Waals surface area contributed by atoms with E-state index < -0.39 is 0 Å². The van der Waals surface area contributed by atoms with Gasteiger partial charge in [0.25, 0.3) is 0 Å². The predicted octanol–water partition coefficient (Wildman–Crippen LogP) is 4.40. The van der Waals surface area contributed by atoms with Gasteiger partial charge in [-0.25, -0.2) is 0 Å². The number of hydrogen-bond acceptors (Lipinski definition) is 2. The third kappa shape index (κ3) is 3.11. The van der Waals surface area contributed by atoms with Crippen LogP contribution in [0.4, 0.5) is 0 Å². The quantitative estimate of drug-likeness (QED) is 0.759. The summed E-state index contributed by atoms with van der Waals surface area (Å²) in [5.74, 6) is 1.80. The van der Waals surface area contributed by atoms with Gasteiger partial charge in [0.2, 0.25) is 0 Å². The second-order valence-corrected chi connectivity index (χ2v) is 9.36. The Morgan fingerprint density at radius 1 is 1.00 bits per heavy atom. The minimum Gasteiger partial charge on any atom is -0.303 e. The van der Waals surface area contributed by atoms with Crippen molar-refractivity contribution in [3.8, 4) is 0 Å². The maximum Gasteiger partial charge on any atom is 0.0232 e. The van der Waals surface area contributed by atoms with Crippen LogP contribution in [-0.2, 0) is 0 Å². The topological polar surface area (TPSA) is 6.48 Å². The van der Waals surface area contributed by atoms with Gasteiger partial charge in [-0.05, 0) is 82.8 Å². The van der Waals surface area contributed by atoms with Crippen LogP contribution in [0.2, 0.25) is 0 Å². The Hall–Kier alpha value is -0.0800. The highest BCUT2D eigenvalue weighted by molar-refractivity contribution is 5.05. The summed E-state index contributed by atoms with van der Waals surface area (Å²) in [4.78, 5) is 5.37. The molecule has 1 saturated heterocycles. The molecule has 1 aliphatic heterocycles. The molecule has 0 aromatic rings. The number of likely N-dealkylation sites (tertiary alicyclic amines) is 1. The zero-order valence-corrected chi connectivity index (χ0v) is 15.5. The van der Waals surface area contributed by atoms with E-state index >= 15 is 0 Å². The summed E-state index contributed by atoms with van der Waals surface area (Å²) >= 11 is 0. The van der Waals surface area contributed by atoms with Crippen molar-refractivity contribution in [3.63, 3.8) is 0 Å². The first kappa shape index (κ1) is 16.8. The van der Waals surface area contributed by atoms with Crippen molar-refractivity contribution in [2.24, 2.45) is 17.3 Å². The Balaban J connectivity index is 1.63. The minimum atomic E-state index is 0.535. The van der Waals surface area contributed by atoms with Gasteiger partial charge in [-0.15, -0.1) is 0 Å². The van der Waals surface area contributed by atoms with Gasteiger partial charge in [0.1, 0.15) is 0 Å². The fourth-order valence-electron chi connectivity index (χ4n) is 6.01. The predicted molar refractivity (Wildman–Crippen MR) is 95.2 cm³/mol. The molecular formula is C20H38N2. The van der Waals surface area contributed by atoms with E-state index in [0.717, 1.165) is 11.8 Å². The second-order valence-electron chi connectivity index (χ2n) is 9.36. The normalized spacial score (nSPS) is 37.9. The van der Waals surface area contributed by atoms with Gasteiger partial charge in [-0.2, -0.15) is 0 Å². The molecule has 1 spiro atoms. The molecule has 0 aromatic carbocycles. The zero-order valence-electron chi connectivity index (χ0n) is 15.5. The molecule has 3 aliphatic rings. The molecule has 0 amide bonds. The van der Waals surface area contributed by atoms with E-state index in [1.807, 2.05) is 0 Å². The molecule has 2 heteroatoms. The smallest absolute Gasteiger partial charge is 0.0232 e. The van der Waals surface area contributed by atoms with Gasteiger partial charge in [0.15, 0.2) is 0 Å². The molecule has 0 aromatic heterocycles. The fourth-order valence-corrected chi connectivity index (χ4v) is 6.01. The third-order valence-electron chi connectivity index (χ3n) is 7.32. The lowest BCUT2D eigenvalue weighted by atomic mass is 9.62. The average Bonchev–Trinajstić information content (AvgIpc) is 3.10. The fraction of sp³-hybridized carbons (Fsp3) is 1.00. The average molecular weight is 307 g/mol. The van der Waals surface area contributed by atoms with Crippen LogP contribution in [0.15, 0.2) is 0 Å². The maximum atomic E-state index is 2.75. The number of hydrogen-bond donors (Lipinski definition) is 0. The first-order valence-electron chi connectivity index (χ1n) is 9.86. The van der Waals surface area contributed by atoms with Crippen molar-refractivity contribution in [2.75, 3.05) is 33.7 Å². The van der Waals surface area contributed by atoms with Gasteiger partial charge in [-0.1, -0.05) is 26.7 Å². The van der Waals surface area contributed by atoms with E-state index in [1.54, 1.807) is 0 Å². The van der Waals surface area contributed by atoms with Crippen LogP contribution in [0, 0.1) is 17.3 Å². The molecule has 2 nitrogen and oxygen atoms in total. The lowest BCUT2D eigenvalue weighted by Crippen LogP contribution is -2.54. The molecule has 0 N–H and O–H groups in total. The van der Waals surface area contributed by atoms with Crippen molar-refractivity contribution < 1.29 is 0 Å². The van der Waals surface area contributed by atoms with Gasteiger partial charge in [0, 0.05) is 18.6 Å². The molecule has 3 rings (SSSR count). The molecular weight excluding hydrogens is 268 g/mol. The van der Waals surface area contributed by atoms with Gasteiger partial charge in [0.05, 0.1) is 0 Å². The highest BCUT2D eigenvalue weighted by Gasteiger charge is 2.50. The monoisotopic (exact) mass is 306 g/mol. The maximum absolute atomic E-state index is 2.75. The molecule has 0 atom stereocenters. The Bertz CT molecular complexity index is 360. The van der Waals surface area contributed by atoms with Crippen molar-refractivity contribution in [2.45, 2.75) is 77.2 Å². The second kappa shape index (κ2) is 6.43. The van der Waals surface area contributed by atoms with Gasteiger partial charge >= 0.3 is 0 Å². The Morgan fingerprint density at radius 2 is 1.64 bits per heavy atom. The highest BCUT2D eigenvalue weighted by Crippen LogP contribution is 2.53. The minimum absolute atomic E-state index is 0.535. The summed E-state index contributed by atoms with van der Waals surface area (Å²) in [5.41, 5.74) is 1.21. The number of rotatable bonds is 4. The van der Waals surface area contributed by atoms with Crippen LogP contribution in [-0.4, -0.2) is 49.1 Å². The Labute approximate surface area is 138 Å². The van der Waals surface area contributed by atoms with Crippen LogP contribution in [0.25, 0.3) is 0 Å². The molecule has 2 saturated carbocycles. The Morgan fingerprint density at radius 3 is 2.18 bits per heavy atom. The van der Waals surface area contributed by atoms with Crippen molar-refractivity contribution in [1.29, 1.82) is 0 Å². The van der Waals surface area contributed by atoms with Crippen molar-refractivity contribution in [3.05, 3.63) is 0 Å². The third-order valence-corrected chi connectivity index (χ3v) is 7.32. The summed E-state index contributed by atoms with van der Waals surface area (Å²) in [5, 5.41) is 0. The van der Waals surface area contributed by atoms with E-state index in [4.69, 9.17) is 0 Å².